The quantitative estimate of drug-likeness (QED) is 0.314. The number of hydrogen-bond acceptors (Lipinski definition) is 5. The number of hydrogen-bond donors (Lipinski definition) is 2. The molecule has 0 spiro atoms. The van der Waals surface area contributed by atoms with E-state index in [1.54, 1.807) is 18.2 Å². The molecule has 0 aliphatic heterocycles. The van der Waals surface area contributed by atoms with Gasteiger partial charge >= 0.3 is 5.97 Å². The van der Waals surface area contributed by atoms with Crippen LogP contribution in [0.3, 0.4) is 0 Å². The minimum absolute atomic E-state index is 0.00274. The van der Waals surface area contributed by atoms with Gasteiger partial charge in [0, 0.05) is 24.1 Å². The van der Waals surface area contributed by atoms with E-state index in [2.05, 4.69) is 0 Å². The highest BCUT2D eigenvalue weighted by Gasteiger charge is 2.25. The highest BCUT2D eigenvalue weighted by molar-refractivity contribution is 7.62. The smallest absolute Gasteiger partial charge is 0.305 e. The number of halogens is 1. The van der Waals surface area contributed by atoms with Gasteiger partial charge in [-0.3, -0.25) is 14.3 Å². The summed E-state index contributed by atoms with van der Waals surface area (Å²) in [6.07, 6.45) is -0.534. The first-order valence-electron chi connectivity index (χ1n) is 11.2. The van der Waals surface area contributed by atoms with Gasteiger partial charge < -0.3 is 14.7 Å². The molecule has 0 bridgehead atoms. The molecule has 35 heavy (non-hydrogen) atoms. The Morgan fingerprint density at radius 3 is 2.34 bits per heavy atom. The average molecular weight is 498 g/mol. The van der Waals surface area contributed by atoms with Crippen molar-refractivity contribution in [2.75, 3.05) is 13.3 Å². The number of aromatic nitrogens is 1. The Morgan fingerprint density at radius 2 is 1.77 bits per heavy atom. The molecule has 1 unspecified atom stereocenters. The van der Waals surface area contributed by atoms with Gasteiger partial charge in [0.2, 0.25) is 7.37 Å². The number of pyridine rings is 1. The van der Waals surface area contributed by atoms with Crippen molar-refractivity contribution >= 4 is 19.4 Å². The van der Waals surface area contributed by atoms with Gasteiger partial charge in [-0.2, -0.15) is 0 Å². The molecule has 2 N–H and O–H groups in total. The molecule has 2 atom stereocenters. The first-order valence-corrected chi connectivity index (χ1v) is 13.1. The molecular weight excluding hydrogens is 468 g/mol. The van der Waals surface area contributed by atoms with Crippen molar-refractivity contribution in [3.63, 3.8) is 0 Å². The lowest BCUT2D eigenvalue weighted by Gasteiger charge is -2.19. The van der Waals surface area contributed by atoms with Crippen LogP contribution in [0.1, 0.15) is 37.4 Å². The molecule has 8 heteroatoms. The fourth-order valence-electron chi connectivity index (χ4n) is 3.76. The van der Waals surface area contributed by atoms with Crippen LogP contribution in [0, 0.1) is 5.82 Å². The third kappa shape index (κ3) is 6.95. The topological polar surface area (TPSA) is 96.7 Å². The lowest BCUT2D eigenvalue weighted by molar-refractivity contribution is -0.138. The molecule has 0 aliphatic rings. The Hall–Kier alpha value is -3.12. The number of rotatable bonds is 10. The first kappa shape index (κ1) is 26.5. The maximum atomic E-state index is 13.7. The van der Waals surface area contributed by atoms with Gasteiger partial charge in [0.05, 0.1) is 30.1 Å². The van der Waals surface area contributed by atoms with E-state index in [1.807, 2.05) is 50.2 Å². The molecule has 0 aliphatic carbocycles. The minimum atomic E-state index is -3.50. The van der Waals surface area contributed by atoms with Crippen molar-refractivity contribution in [3.05, 3.63) is 83.6 Å². The molecule has 184 valence electrons. The highest BCUT2D eigenvalue weighted by atomic mass is 31.2. The van der Waals surface area contributed by atoms with Gasteiger partial charge in [-0.15, -0.1) is 0 Å². The zero-order valence-corrected chi connectivity index (χ0v) is 20.8. The summed E-state index contributed by atoms with van der Waals surface area (Å²) in [5.74, 6) is -0.165. The molecule has 0 fully saturated rings. The van der Waals surface area contributed by atoms with Crippen LogP contribution >= 0.6 is 7.37 Å². The number of aliphatic hydroxyl groups is 1. The molecule has 0 saturated carbocycles. The van der Waals surface area contributed by atoms with Crippen LogP contribution in [0.15, 0.2) is 66.5 Å². The van der Waals surface area contributed by atoms with Crippen molar-refractivity contribution in [1.82, 2.24) is 4.98 Å². The number of carboxylic acids is 1. The van der Waals surface area contributed by atoms with Crippen LogP contribution in [0.25, 0.3) is 28.5 Å². The van der Waals surface area contributed by atoms with Crippen molar-refractivity contribution < 1.29 is 28.5 Å². The third-order valence-electron chi connectivity index (χ3n) is 5.51. The van der Waals surface area contributed by atoms with Crippen LogP contribution in [0.2, 0.25) is 0 Å². The highest BCUT2D eigenvalue weighted by Crippen LogP contribution is 2.49. The number of carboxylic acid groups (broad SMARTS) is 1. The molecule has 0 amide bonds. The standard InChI is InChI=1S/C27H29FNO5P/c1-18(2)27-23(13-14-35(33,34-3)17-22(30)15-26(31)32)24(19-9-11-21(28)12-10-19)16-25(29-27)20-7-5-4-6-8-20/h4-14,16,18,22,30H,15,17H2,1-3H3,(H,31,32)/t22-,35?/m0/s1. The van der Waals surface area contributed by atoms with Crippen LogP contribution in [-0.4, -0.2) is 40.5 Å². The summed E-state index contributed by atoms with van der Waals surface area (Å²) in [7, 11) is -2.24. The predicted molar refractivity (Wildman–Crippen MR) is 136 cm³/mol. The Balaban J connectivity index is 2.17. The largest absolute Gasteiger partial charge is 0.481 e. The lowest BCUT2D eigenvalue weighted by atomic mass is 9.92. The van der Waals surface area contributed by atoms with Crippen molar-refractivity contribution in [1.29, 1.82) is 0 Å². The van der Waals surface area contributed by atoms with Gasteiger partial charge in [-0.25, -0.2) is 4.39 Å². The molecule has 3 rings (SSSR count). The van der Waals surface area contributed by atoms with Crippen LogP contribution < -0.4 is 0 Å². The lowest BCUT2D eigenvalue weighted by Crippen LogP contribution is -2.17. The van der Waals surface area contributed by atoms with Crippen LogP contribution in [-0.2, 0) is 13.9 Å². The van der Waals surface area contributed by atoms with Crippen molar-refractivity contribution in [2.45, 2.75) is 32.3 Å². The van der Waals surface area contributed by atoms with E-state index in [0.29, 0.717) is 5.56 Å². The fraction of sp³-hybridized carbons (Fsp3) is 0.259. The number of benzene rings is 2. The normalized spacial score (nSPS) is 14.2. The van der Waals surface area contributed by atoms with E-state index in [9.17, 15) is 18.9 Å². The Morgan fingerprint density at radius 1 is 1.11 bits per heavy atom. The second kappa shape index (κ2) is 11.5. The molecule has 0 saturated heterocycles. The Kier molecular flexibility index (Phi) is 8.73. The van der Waals surface area contributed by atoms with Crippen molar-refractivity contribution in [3.8, 4) is 22.4 Å². The summed E-state index contributed by atoms with van der Waals surface area (Å²) < 4.78 is 32.2. The zero-order valence-electron chi connectivity index (χ0n) is 19.9. The van der Waals surface area contributed by atoms with Gasteiger partial charge in [0.25, 0.3) is 0 Å². The molecular formula is C27H29FNO5P. The average Bonchev–Trinajstić information content (AvgIpc) is 2.82. The maximum absolute atomic E-state index is 13.7. The molecule has 6 nitrogen and oxygen atoms in total. The fourth-order valence-corrected chi connectivity index (χ4v) is 5.24. The summed E-state index contributed by atoms with van der Waals surface area (Å²) >= 11 is 0. The third-order valence-corrected chi connectivity index (χ3v) is 7.66. The van der Waals surface area contributed by atoms with E-state index in [4.69, 9.17) is 14.6 Å². The minimum Gasteiger partial charge on any atom is -0.481 e. The van der Waals surface area contributed by atoms with Crippen molar-refractivity contribution in [2.24, 2.45) is 0 Å². The van der Waals surface area contributed by atoms with Gasteiger partial charge in [0.1, 0.15) is 5.82 Å². The number of aliphatic carboxylic acids is 1. The SMILES string of the molecule is COP(=O)(C=Cc1c(-c2ccc(F)cc2)cc(-c2ccccc2)nc1C(C)C)C[C@@H](O)CC(=O)O. The van der Waals surface area contributed by atoms with E-state index in [0.717, 1.165) is 28.1 Å². The Bertz CT molecular complexity index is 1240. The second-order valence-electron chi connectivity index (χ2n) is 8.54. The van der Waals surface area contributed by atoms with Gasteiger partial charge in [0.15, 0.2) is 0 Å². The van der Waals surface area contributed by atoms with E-state index < -0.39 is 25.9 Å². The molecule has 2 aromatic carbocycles. The Labute approximate surface area is 204 Å². The van der Waals surface area contributed by atoms with Gasteiger partial charge in [-0.1, -0.05) is 56.3 Å². The molecule has 1 heterocycles. The number of nitrogens with zero attached hydrogens (tertiary/aromatic N) is 1. The van der Waals surface area contributed by atoms with E-state index >= 15 is 0 Å². The van der Waals surface area contributed by atoms with E-state index in [1.165, 1.54) is 25.1 Å². The molecule has 1 aromatic heterocycles. The van der Waals surface area contributed by atoms with Crippen LogP contribution in [0.5, 0.6) is 0 Å². The molecule has 3 aromatic rings. The summed E-state index contributed by atoms with van der Waals surface area (Å²) in [6, 6.07) is 17.7. The monoisotopic (exact) mass is 497 g/mol. The van der Waals surface area contributed by atoms with Crippen LogP contribution in [0.4, 0.5) is 4.39 Å². The van der Waals surface area contributed by atoms with Gasteiger partial charge in [-0.05, 0) is 41.3 Å². The second-order valence-corrected chi connectivity index (χ2v) is 11.0. The molecule has 0 radical (unpaired) electrons. The predicted octanol–water partition coefficient (Wildman–Crippen LogP) is 6.41. The number of aliphatic hydroxyl groups excluding tert-OH is 1. The maximum Gasteiger partial charge on any atom is 0.305 e. The first-order chi connectivity index (χ1) is 16.6. The van der Waals surface area contributed by atoms with E-state index in [-0.39, 0.29) is 17.9 Å². The zero-order chi connectivity index (χ0) is 25.6. The summed E-state index contributed by atoms with van der Waals surface area (Å²) in [5, 5.41) is 18.9. The summed E-state index contributed by atoms with van der Waals surface area (Å²) in [5.41, 5.74) is 4.63. The summed E-state index contributed by atoms with van der Waals surface area (Å²) in [4.78, 5) is 15.8. The number of carbonyl (C=O) groups is 1. The summed E-state index contributed by atoms with van der Waals surface area (Å²) in [6.45, 7) is 3.99.